The molecular weight excluding hydrogens is 212 g/mol. The Balaban J connectivity index is 1.73. The van der Waals surface area contributed by atoms with Crippen molar-refractivity contribution >= 4 is 5.91 Å². The second kappa shape index (κ2) is 5.85. The van der Waals surface area contributed by atoms with E-state index in [0.717, 1.165) is 12.3 Å². The third-order valence-corrected chi connectivity index (χ3v) is 4.38. The number of rotatable bonds is 6. The van der Waals surface area contributed by atoms with Crippen molar-refractivity contribution in [1.82, 2.24) is 5.32 Å². The second-order valence-corrected chi connectivity index (χ2v) is 5.98. The minimum absolute atomic E-state index is 0.158. The Kier molecular flexibility index (Phi) is 4.43. The van der Waals surface area contributed by atoms with Crippen LogP contribution in [0.15, 0.2) is 0 Å². The van der Waals surface area contributed by atoms with Crippen LogP contribution in [0.25, 0.3) is 0 Å². The molecule has 0 aromatic carbocycles. The van der Waals surface area contributed by atoms with Crippen LogP contribution < -0.4 is 11.1 Å². The van der Waals surface area contributed by atoms with Crippen molar-refractivity contribution in [2.75, 3.05) is 6.54 Å². The summed E-state index contributed by atoms with van der Waals surface area (Å²) >= 11 is 0. The molecule has 0 radical (unpaired) electrons. The molecule has 0 saturated heterocycles. The Morgan fingerprint density at radius 1 is 1.29 bits per heavy atom. The van der Waals surface area contributed by atoms with Crippen molar-refractivity contribution in [1.29, 1.82) is 0 Å². The molecule has 3 heteroatoms. The Hall–Kier alpha value is -0.570. The van der Waals surface area contributed by atoms with E-state index < -0.39 is 0 Å². The predicted molar refractivity (Wildman–Crippen MR) is 69.4 cm³/mol. The van der Waals surface area contributed by atoms with Crippen LogP contribution in [-0.4, -0.2) is 18.5 Å². The topological polar surface area (TPSA) is 55.1 Å². The summed E-state index contributed by atoms with van der Waals surface area (Å²) in [6.07, 6.45) is 8.88. The van der Waals surface area contributed by atoms with E-state index in [0.29, 0.717) is 12.5 Å². The standard InChI is InChI=1S/C14H26N2O/c1-10(8-11-4-2-3-5-11)14(17)16-13(9-15)12-6-7-12/h10-13H,2-9,15H2,1H3,(H,16,17). The number of carbonyl (C=O) groups is 1. The molecule has 0 heterocycles. The highest BCUT2D eigenvalue weighted by Gasteiger charge is 2.32. The SMILES string of the molecule is CC(CC1CCCC1)C(=O)NC(CN)C1CC1. The van der Waals surface area contributed by atoms with E-state index in [1.807, 2.05) is 0 Å². The van der Waals surface area contributed by atoms with Gasteiger partial charge in [0.2, 0.25) is 5.91 Å². The van der Waals surface area contributed by atoms with Crippen molar-refractivity contribution in [3.05, 3.63) is 0 Å². The van der Waals surface area contributed by atoms with Gasteiger partial charge in [0.25, 0.3) is 0 Å². The zero-order valence-corrected chi connectivity index (χ0v) is 11.0. The fourth-order valence-corrected chi connectivity index (χ4v) is 3.05. The van der Waals surface area contributed by atoms with Gasteiger partial charge in [-0.05, 0) is 31.1 Å². The second-order valence-electron chi connectivity index (χ2n) is 5.98. The van der Waals surface area contributed by atoms with Crippen LogP contribution in [0.3, 0.4) is 0 Å². The molecule has 3 N–H and O–H groups in total. The number of carbonyl (C=O) groups excluding carboxylic acids is 1. The zero-order valence-electron chi connectivity index (χ0n) is 11.0. The van der Waals surface area contributed by atoms with Crippen LogP contribution in [0.5, 0.6) is 0 Å². The van der Waals surface area contributed by atoms with E-state index in [-0.39, 0.29) is 17.9 Å². The fourth-order valence-electron chi connectivity index (χ4n) is 3.05. The van der Waals surface area contributed by atoms with Crippen LogP contribution >= 0.6 is 0 Å². The third-order valence-electron chi connectivity index (χ3n) is 4.38. The van der Waals surface area contributed by atoms with Crippen molar-refractivity contribution in [2.45, 2.75) is 57.9 Å². The molecule has 0 aliphatic heterocycles. The first-order valence-corrected chi connectivity index (χ1v) is 7.21. The summed E-state index contributed by atoms with van der Waals surface area (Å²) < 4.78 is 0. The Morgan fingerprint density at radius 3 is 2.47 bits per heavy atom. The van der Waals surface area contributed by atoms with E-state index in [2.05, 4.69) is 12.2 Å². The summed E-state index contributed by atoms with van der Waals surface area (Å²) in [5.74, 6) is 1.82. The molecule has 0 aromatic heterocycles. The van der Waals surface area contributed by atoms with Gasteiger partial charge in [0.05, 0.1) is 0 Å². The summed E-state index contributed by atoms with van der Waals surface area (Å²) in [4.78, 5) is 12.1. The third kappa shape index (κ3) is 3.70. The summed E-state index contributed by atoms with van der Waals surface area (Å²) in [6, 6.07) is 0.230. The van der Waals surface area contributed by atoms with Gasteiger partial charge in [-0.3, -0.25) is 4.79 Å². The Morgan fingerprint density at radius 2 is 1.94 bits per heavy atom. The molecule has 0 aromatic rings. The van der Waals surface area contributed by atoms with Crippen molar-refractivity contribution in [2.24, 2.45) is 23.5 Å². The highest BCUT2D eigenvalue weighted by molar-refractivity contribution is 5.78. The molecule has 17 heavy (non-hydrogen) atoms. The lowest BCUT2D eigenvalue weighted by Gasteiger charge is -2.21. The van der Waals surface area contributed by atoms with E-state index in [1.54, 1.807) is 0 Å². The van der Waals surface area contributed by atoms with Crippen LogP contribution in [-0.2, 0) is 4.79 Å². The molecule has 2 atom stereocenters. The average molecular weight is 238 g/mol. The highest BCUT2D eigenvalue weighted by atomic mass is 16.1. The minimum Gasteiger partial charge on any atom is -0.352 e. The maximum absolute atomic E-state index is 12.1. The Bertz CT molecular complexity index is 257. The molecule has 0 spiro atoms. The summed E-state index contributed by atoms with van der Waals surface area (Å²) in [5.41, 5.74) is 5.71. The quantitative estimate of drug-likeness (QED) is 0.744. The first-order valence-electron chi connectivity index (χ1n) is 7.21. The number of hydrogen-bond acceptors (Lipinski definition) is 2. The lowest BCUT2D eigenvalue weighted by atomic mass is 9.93. The van der Waals surface area contributed by atoms with Gasteiger partial charge in [0.15, 0.2) is 0 Å². The average Bonchev–Trinajstić information content (AvgIpc) is 3.04. The van der Waals surface area contributed by atoms with Crippen LogP contribution in [0.1, 0.15) is 51.9 Å². The van der Waals surface area contributed by atoms with Crippen molar-refractivity contribution in [3.63, 3.8) is 0 Å². The molecule has 2 aliphatic rings. The highest BCUT2D eigenvalue weighted by Crippen LogP contribution is 2.33. The van der Waals surface area contributed by atoms with E-state index in [9.17, 15) is 4.79 Å². The summed E-state index contributed by atoms with van der Waals surface area (Å²) in [7, 11) is 0. The molecular formula is C14H26N2O. The number of amides is 1. The van der Waals surface area contributed by atoms with Gasteiger partial charge in [-0.1, -0.05) is 32.6 Å². The van der Waals surface area contributed by atoms with Crippen LogP contribution in [0, 0.1) is 17.8 Å². The van der Waals surface area contributed by atoms with Gasteiger partial charge in [-0.2, -0.15) is 0 Å². The number of hydrogen-bond donors (Lipinski definition) is 2. The molecule has 2 saturated carbocycles. The maximum atomic E-state index is 12.1. The Labute approximate surface area is 105 Å². The molecule has 3 nitrogen and oxygen atoms in total. The first-order chi connectivity index (χ1) is 8.20. The molecule has 2 fully saturated rings. The first kappa shape index (κ1) is 12.9. The smallest absolute Gasteiger partial charge is 0.223 e. The normalized spacial score (nSPS) is 24.6. The van der Waals surface area contributed by atoms with E-state index in [1.165, 1.54) is 38.5 Å². The zero-order chi connectivity index (χ0) is 12.3. The van der Waals surface area contributed by atoms with E-state index in [4.69, 9.17) is 5.73 Å². The minimum atomic E-state index is 0.158. The molecule has 2 unspecified atom stereocenters. The van der Waals surface area contributed by atoms with Crippen molar-refractivity contribution in [3.8, 4) is 0 Å². The fraction of sp³-hybridized carbons (Fsp3) is 0.929. The molecule has 98 valence electrons. The molecule has 2 rings (SSSR count). The summed E-state index contributed by atoms with van der Waals surface area (Å²) in [5, 5.41) is 3.14. The molecule has 2 aliphatic carbocycles. The van der Waals surface area contributed by atoms with Gasteiger partial charge in [0.1, 0.15) is 0 Å². The molecule has 1 amide bonds. The molecule has 0 bridgehead atoms. The van der Waals surface area contributed by atoms with Gasteiger partial charge in [-0.25, -0.2) is 0 Å². The van der Waals surface area contributed by atoms with Crippen LogP contribution in [0.2, 0.25) is 0 Å². The van der Waals surface area contributed by atoms with Gasteiger partial charge in [-0.15, -0.1) is 0 Å². The lowest BCUT2D eigenvalue weighted by Crippen LogP contribution is -2.44. The largest absolute Gasteiger partial charge is 0.352 e. The van der Waals surface area contributed by atoms with Gasteiger partial charge in [0, 0.05) is 18.5 Å². The van der Waals surface area contributed by atoms with E-state index >= 15 is 0 Å². The monoisotopic (exact) mass is 238 g/mol. The predicted octanol–water partition coefficient (Wildman–Crippen LogP) is 2.06. The van der Waals surface area contributed by atoms with Gasteiger partial charge < -0.3 is 11.1 Å². The maximum Gasteiger partial charge on any atom is 0.223 e. The van der Waals surface area contributed by atoms with Crippen molar-refractivity contribution < 1.29 is 4.79 Å². The lowest BCUT2D eigenvalue weighted by molar-refractivity contribution is -0.125. The van der Waals surface area contributed by atoms with Gasteiger partial charge >= 0.3 is 0 Å². The summed E-state index contributed by atoms with van der Waals surface area (Å²) in [6.45, 7) is 2.65. The number of nitrogens with one attached hydrogen (secondary N) is 1. The van der Waals surface area contributed by atoms with Crippen LogP contribution in [0.4, 0.5) is 0 Å². The number of nitrogens with two attached hydrogens (primary N) is 1.